The summed E-state index contributed by atoms with van der Waals surface area (Å²) in [6.07, 6.45) is 1.30. The van der Waals surface area contributed by atoms with Gasteiger partial charge in [-0.1, -0.05) is 23.7 Å². The number of nitrogens with zero attached hydrogens (tertiary/aromatic N) is 1. The van der Waals surface area contributed by atoms with E-state index >= 15 is 0 Å². The van der Waals surface area contributed by atoms with E-state index in [1.807, 2.05) is 0 Å². The SMILES string of the molecule is O=S1(=O)N=Cc2cccc(Cl)c21. The van der Waals surface area contributed by atoms with E-state index in [1.54, 1.807) is 12.1 Å². The van der Waals surface area contributed by atoms with Crippen molar-refractivity contribution in [2.24, 2.45) is 4.40 Å². The standard InChI is InChI=1S/C7H4ClNO2S/c8-6-3-1-2-5-4-9-12(10,11)7(5)6/h1-4H. The molecule has 12 heavy (non-hydrogen) atoms. The fourth-order valence-corrected chi connectivity index (χ4v) is 2.64. The summed E-state index contributed by atoms with van der Waals surface area (Å²) in [7, 11) is -3.50. The van der Waals surface area contributed by atoms with E-state index in [1.165, 1.54) is 12.3 Å². The highest BCUT2D eigenvalue weighted by Crippen LogP contribution is 2.29. The predicted molar refractivity (Wildman–Crippen MR) is 46.2 cm³/mol. The average Bonchev–Trinajstić information content (AvgIpc) is 2.29. The van der Waals surface area contributed by atoms with Crippen LogP contribution in [0.15, 0.2) is 27.5 Å². The molecule has 0 radical (unpaired) electrons. The molecule has 1 aromatic carbocycles. The van der Waals surface area contributed by atoms with Gasteiger partial charge in [-0.2, -0.15) is 12.8 Å². The third kappa shape index (κ3) is 0.956. The first kappa shape index (κ1) is 7.76. The largest absolute Gasteiger partial charge is 0.284 e. The summed E-state index contributed by atoms with van der Waals surface area (Å²) < 4.78 is 25.7. The first-order valence-corrected chi connectivity index (χ1v) is 5.02. The third-order valence-corrected chi connectivity index (χ3v) is 3.37. The van der Waals surface area contributed by atoms with Crippen LogP contribution in [0.2, 0.25) is 5.02 Å². The quantitative estimate of drug-likeness (QED) is 0.638. The highest BCUT2D eigenvalue weighted by molar-refractivity contribution is 7.90. The number of halogens is 1. The molecule has 0 aromatic heterocycles. The van der Waals surface area contributed by atoms with E-state index in [2.05, 4.69) is 4.40 Å². The molecule has 0 spiro atoms. The van der Waals surface area contributed by atoms with Crippen LogP contribution in [0.25, 0.3) is 0 Å². The summed E-state index contributed by atoms with van der Waals surface area (Å²) in [5.74, 6) is 0. The van der Waals surface area contributed by atoms with Crippen LogP contribution in [0, 0.1) is 0 Å². The van der Waals surface area contributed by atoms with E-state index in [4.69, 9.17) is 11.6 Å². The summed E-state index contributed by atoms with van der Waals surface area (Å²) in [5.41, 5.74) is 0.558. The Kier molecular flexibility index (Phi) is 1.49. The molecule has 0 unspecified atom stereocenters. The molecular formula is C7H4ClNO2S. The molecule has 0 atom stereocenters. The molecule has 0 bridgehead atoms. The van der Waals surface area contributed by atoms with Gasteiger partial charge in [0.1, 0.15) is 4.90 Å². The number of benzene rings is 1. The Morgan fingerprint density at radius 3 is 2.75 bits per heavy atom. The van der Waals surface area contributed by atoms with Gasteiger partial charge < -0.3 is 0 Å². The lowest BCUT2D eigenvalue weighted by atomic mass is 10.2. The van der Waals surface area contributed by atoms with Crippen molar-refractivity contribution in [1.29, 1.82) is 0 Å². The number of rotatable bonds is 0. The maximum Gasteiger partial charge on any atom is 0.284 e. The number of hydrogen-bond acceptors (Lipinski definition) is 2. The molecule has 3 nitrogen and oxygen atoms in total. The third-order valence-electron chi connectivity index (χ3n) is 1.59. The molecule has 1 heterocycles. The molecule has 0 amide bonds. The molecule has 1 aliphatic rings. The van der Waals surface area contributed by atoms with Crippen molar-refractivity contribution in [1.82, 2.24) is 0 Å². The normalized spacial score (nSPS) is 17.8. The average molecular weight is 202 g/mol. The molecular weight excluding hydrogens is 198 g/mol. The second-order valence-electron chi connectivity index (χ2n) is 2.37. The minimum Gasteiger partial charge on any atom is -0.199 e. The van der Waals surface area contributed by atoms with Crippen LogP contribution in [0.1, 0.15) is 5.56 Å². The number of hydrogen-bond donors (Lipinski definition) is 0. The van der Waals surface area contributed by atoms with Gasteiger partial charge in [0, 0.05) is 11.8 Å². The molecule has 1 aliphatic heterocycles. The zero-order valence-corrected chi connectivity index (χ0v) is 7.43. The van der Waals surface area contributed by atoms with Gasteiger partial charge >= 0.3 is 0 Å². The van der Waals surface area contributed by atoms with E-state index in [9.17, 15) is 8.42 Å². The van der Waals surface area contributed by atoms with Crippen LogP contribution in [0.5, 0.6) is 0 Å². The van der Waals surface area contributed by atoms with E-state index in [0.29, 0.717) is 5.56 Å². The summed E-state index contributed by atoms with van der Waals surface area (Å²) in [6.45, 7) is 0. The van der Waals surface area contributed by atoms with Gasteiger partial charge in [-0.05, 0) is 6.07 Å². The lowest BCUT2D eigenvalue weighted by Crippen LogP contribution is -1.93. The summed E-state index contributed by atoms with van der Waals surface area (Å²) >= 11 is 5.69. The van der Waals surface area contributed by atoms with E-state index < -0.39 is 10.0 Å². The monoisotopic (exact) mass is 201 g/mol. The van der Waals surface area contributed by atoms with E-state index in [0.717, 1.165) is 0 Å². The zero-order valence-electron chi connectivity index (χ0n) is 5.86. The Labute approximate surface area is 74.7 Å². The highest BCUT2D eigenvalue weighted by atomic mass is 35.5. The Hall–Kier alpha value is -0.870. The van der Waals surface area contributed by atoms with Crippen LogP contribution < -0.4 is 0 Å². The van der Waals surface area contributed by atoms with Crippen molar-refractivity contribution in [3.63, 3.8) is 0 Å². The summed E-state index contributed by atoms with van der Waals surface area (Å²) in [5, 5.41) is 0.227. The highest BCUT2D eigenvalue weighted by Gasteiger charge is 2.24. The van der Waals surface area contributed by atoms with Crippen LogP contribution in [0.4, 0.5) is 0 Å². The molecule has 0 N–H and O–H groups in total. The van der Waals surface area contributed by atoms with Crippen molar-refractivity contribution in [3.8, 4) is 0 Å². The second-order valence-corrected chi connectivity index (χ2v) is 4.34. The molecule has 5 heteroatoms. The van der Waals surface area contributed by atoms with Gasteiger partial charge in [0.05, 0.1) is 5.02 Å². The van der Waals surface area contributed by atoms with Crippen LogP contribution >= 0.6 is 11.6 Å². The fourth-order valence-electron chi connectivity index (χ4n) is 1.08. The Balaban J connectivity index is 2.88. The molecule has 1 aromatic rings. The second kappa shape index (κ2) is 2.31. The number of fused-ring (bicyclic) bond motifs is 1. The maximum atomic E-state index is 11.2. The van der Waals surface area contributed by atoms with Gasteiger partial charge in [-0.3, -0.25) is 0 Å². The predicted octanol–water partition coefficient (Wildman–Crippen LogP) is 1.46. The van der Waals surface area contributed by atoms with Gasteiger partial charge in [0.15, 0.2) is 0 Å². The first-order chi connectivity index (χ1) is 5.61. The van der Waals surface area contributed by atoms with Crippen LogP contribution in [-0.2, 0) is 10.0 Å². The molecule has 0 fully saturated rings. The topological polar surface area (TPSA) is 46.5 Å². The molecule has 0 saturated heterocycles. The smallest absolute Gasteiger partial charge is 0.199 e. The van der Waals surface area contributed by atoms with Gasteiger partial charge in [-0.15, -0.1) is 0 Å². The van der Waals surface area contributed by atoms with Crippen LogP contribution in [0.3, 0.4) is 0 Å². The van der Waals surface area contributed by atoms with E-state index in [-0.39, 0.29) is 9.92 Å². The van der Waals surface area contributed by atoms with Crippen molar-refractivity contribution >= 4 is 27.8 Å². The summed E-state index contributed by atoms with van der Waals surface area (Å²) in [4.78, 5) is 0.117. The zero-order chi connectivity index (χ0) is 8.77. The number of sulfonamides is 1. The molecule has 62 valence electrons. The Morgan fingerprint density at radius 2 is 2.08 bits per heavy atom. The van der Waals surface area contributed by atoms with Crippen molar-refractivity contribution in [2.75, 3.05) is 0 Å². The fraction of sp³-hybridized carbons (Fsp3) is 0. The van der Waals surface area contributed by atoms with Gasteiger partial charge in [-0.25, -0.2) is 0 Å². The lowest BCUT2D eigenvalue weighted by molar-refractivity contribution is 0.599. The maximum absolute atomic E-state index is 11.2. The molecule has 0 saturated carbocycles. The minimum atomic E-state index is -3.50. The van der Waals surface area contributed by atoms with Crippen molar-refractivity contribution < 1.29 is 8.42 Å². The van der Waals surface area contributed by atoms with Crippen molar-refractivity contribution in [2.45, 2.75) is 4.90 Å². The molecule has 2 rings (SSSR count). The Bertz CT molecular complexity index is 464. The minimum absolute atomic E-state index is 0.117. The first-order valence-electron chi connectivity index (χ1n) is 3.20. The van der Waals surface area contributed by atoms with Crippen molar-refractivity contribution in [3.05, 3.63) is 28.8 Å². The molecule has 0 aliphatic carbocycles. The van der Waals surface area contributed by atoms with Gasteiger partial charge in [0.2, 0.25) is 0 Å². The van der Waals surface area contributed by atoms with Gasteiger partial charge in [0.25, 0.3) is 10.0 Å². The Morgan fingerprint density at radius 1 is 1.33 bits per heavy atom. The lowest BCUT2D eigenvalue weighted by Gasteiger charge is -1.97. The van der Waals surface area contributed by atoms with Crippen LogP contribution in [-0.4, -0.2) is 14.6 Å². The summed E-state index contributed by atoms with van der Waals surface area (Å²) in [6, 6.07) is 4.88.